The number of aromatic nitrogens is 3. The predicted molar refractivity (Wildman–Crippen MR) is 129 cm³/mol. The maximum Gasteiger partial charge on any atom is 0.255 e. The first-order chi connectivity index (χ1) is 16.0. The van der Waals surface area contributed by atoms with Crippen LogP contribution in [0.4, 0.5) is 4.39 Å². The molecule has 4 heterocycles. The Hall–Kier alpha value is -4.19. The summed E-state index contributed by atoms with van der Waals surface area (Å²) >= 11 is 0. The van der Waals surface area contributed by atoms with Crippen molar-refractivity contribution in [2.24, 2.45) is 10.9 Å². The molecule has 1 aliphatic carbocycles. The van der Waals surface area contributed by atoms with Crippen molar-refractivity contribution in [3.05, 3.63) is 107 Å². The van der Waals surface area contributed by atoms with Gasteiger partial charge in [0.05, 0.1) is 28.5 Å². The smallest absolute Gasteiger partial charge is 0.255 e. The van der Waals surface area contributed by atoms with E-state index < -0.39 is 5.95 Å². The molecule has 6 heteroatoms. The van der Waals surface area contributed by atoms with Crippen LogP contribution in [-0.2, 0) is 0 Å². The largest absolute Gasteiger partial charge is 0.281 e. The Morgan fingerprint density at radius 3 is 2.79 bits per heavy atom. The first-order valence-electron chi connectivity index (χ1n) is 10.7. The van der Waals surface area contributed by atoms with Gasteiger partial charge in [-0.3, -0.25) is 19.3 Å². The highest BCUT2D eigenvalue weighted by molar-refractivity contribution is 6.13. The van der Waals surface area contributed by atoms with Gasteiger partial charge >= 0.3 is 0 Å². The zero-order chi connectivity index (χ0) is 22.6. The van der Waals surface area contributed by atoms with E-state index in [1.807, 2.05) is 30.5 Å². The molecule has 0 bridgehead atoms. The number of dihydropyridines is 1. The summed E-state index contributed by atoms with van der Waals surface area (Å²) in [5.41, 5.74) is 3.50. The predicted octanol–water partition coefficient (Wildman–Crippen LogP) is 5.04. The van der Waals surface area contributed by atoms with E-state index >= 15 is 0 Å². The van der Waals surface area contributed by atoms with Gasteiger partial charge in [0.25, 0.3) is 5.56 Å². The molecule has 5 nitrogen and oxygen atoms in total. The van der Waals surface area contributed by atoms with Crippen LogP contribution in [-0.4, -0.2) is 26.3 Å². The van der Waals surface area contributed by atoms with Crippen molar-refractivity contribution >= 4 is 33.6 Å². The highest BCUT2D eigenvalue weighted by Crippen LogP contribution is 2.36. The lowest BCUT2D eigenvalue weighted by atomic mass is 9.79. The van der Waals surface area contributed by atoms with Gasteiger partial charge < -0.3 is 0 Å². The summed E-state index contributed by atoms with van der Waals surface area (Å²) in [4.78, 5) is 26.1. The molecule has 0 spiro atoms. The Bertz CT molecular complexity index is 1610. The van der Waals surface area contributed by atoms with Crippen LogP contribution in [0.5, 0.6) is 0 Å². The average Bonchev–Trinajstić information content (AvgIpc) is 2.83. The Labute approximate surface area is 189 Å². The molecule has 33 heavy (non-hydrogen) atoms. The second-order valence-corrected chi connectivity index (χ2v) is 8.52. The number of nitrogens with zero attached hydrogens (tertiary/aromatic N) is 4. The second-order valence-electron chi connectivity index (χ2n) is 8.52. The molecule has 4 aromatic rings. The van der Waals surface area contributed by atoms with E-state index in [2.05, 4.69) is 41.2 Å². The van der Waals surface area contributed by atoms with E-state index in [9.17, 15) is 9.18 Å². The molecule has 160 valence electrons. The topological polar surface area (TPSA) is 60.1 Å². The average molecular weight is 434 g/mol. The summed E-state index contributed by atoms with van der Waals surface area (Å²) in [7, 11) is 0. The van der Waals surface area contributed by atoms with Gasteiger partial charge in [0.2, 0.25) is 5.95 Å². The fourth-order valence-electron chi connectivity index (χ4n) is 4.56. The number of allylic oxidation sites excluding steroid dienone is 3. The van der Waals surface area contributed by atoms with Crippen molar-refractivity contribution < 1.29 is 4.39 Å². The number of hydrogen-bond acceptors (Lipinski definition) is 4. The van der Waals surface area contributed by atoms with Gasteiger partial charge in [-0.25, -0.2) is 4.98 Å². The van der Waals surface area contributed by atoms with Crippen molar-refractivity contribution in [1.29, 1.82) is 0 Å². The van der Waals surface area contributed by atoms with Crippen LogP contribution in [0.15, 0.2) is 95.0 Å². The normalized spacial score (nSPS) is 21.4. The van der Waals surface area contributed by atoms with Crippen LogP contribution in [0.1, 0.15) is 12.5 Å². The number of halogens is 1. The minimum atomic E-state index is -0.594. The summed E-state index contributed by atoms with van der Waals surface area (Å²) in [5.74, 6) is -0.421. The van der Waals surface area contributed by atoms with Crippen molar-refractivity contribution in [2.45, 2.75) is 12.5 Å². The summed E-state index contributed by atoms with van der Waals surface area (Å²) in [6.45, 7) is 2.12. The van der Waals surface area contributed by atoms with Gasteiger partial charge in [0.15, 0.2) is 0 Å². The number of aliphatic imine (C=N–C) groups is 1. The minimum absolute atomic E-state index is 0.173. The third-order valence-electron chi connectivity index (χ3n) is 6.40. The first kappa shape index (κ1) is 19.5. The molecule has 2 unspecified atom stereocenters. The maximum atomic E-state index is 13.4. The lowest BCUT2D eigenvalue weighted by Crippen LogP contribution is -2.32. The highest BCUT2D eigenvalue weighted by Gasteiger charge is 2.31. The molecule has 0 saturated carbocycles. The second kappa shape index (κ2) is 7.17. The fourth-order valence-corrected chi connectivity index (χ4v) is 4.56. The lowest BCUT2D eigenvalue weighted by Gasteiger charge is -2.32. The quantitative estimate of drug-likeness (QED) is 0.328. The van der Waals surface area contributed by atoms with Gasteiger partial charge in [-0.15, -0.1) is 0 Å². The molecule has 1 aromatic carbocycles. The van der Waals surface area contributed by atoms with Gasteiger partial charge in [-0.2, -0.15) is 4.39 Å². The van der Waals surface area contributed by atoms with Gasteiger partial charge in [0, 0.05) is 35.2 Å². The summed E-state index contributed by atoms with van der Waals surface area (Å²) < 4.78 is 15.0. The van der Waals surface area contributed by atoms with Gasteiger partial charge in [-0.1, -0.05) is 36.4 Å². The van der Waals surface area contributed by atoms with E-state index in [1.165, 1.54) is 18.3 Å². The van der Waals surface area contributed by atoms with Crippen LogP contribution in [0, 0.1) is 11.9 Å². The summed E-state index contributed by atoms with van der Waals surface area (Å²) in [6.07, 6.45) is 15.6. The summed E-state index contributed by atoms with van der Waals surface area (Å²) in [5, 5.41) is 1.64. The molecule has 0 radical (unpaired) electrons. The Balaban J connectivity index is 1.59. The monoisotopic (exact) mass is 434 g/mol. The van der Waals surface area contributed by atoms with Crippen molar-refractivity contribution in [3.63, 3.8) is 0 Å². The van der Waals surface area contributed by atoms with Crippen LogP contribution in [0.25, 0.3) is 33.1 Å². The van der Waals surface area contributed by atoms with E-state index in [0.29, 0.717) is 11.2 Å². The van der Waals surface area contributed by atoms with Crippen LogP contribution < -0.4 is 5.56 Å². The molecule has 0 saturated heterocycles. The van der Waals surface area contributed by atoms with Crippen molar-refractivity contribution in [3.8, 4) is 5.69 Å². The zero-order valence-corrected chi connectivity index (χ0v) is 17.8. The Morgan fingerprint density at radius 2 is 1.94 bits per heavy atom. The molecule has 2 atom stereocenters. The lowest BCUT2D eigenvalue weighted by molar-refractivity contribution is 0.497. The SMILES string of the molecule is CC12C=CC=CC1C=C(c1ccc3ncc4ccc(=O)n(-c5ccc(F)nc5)c4c3c1)C=N2. The van der Waals surface area contributed by atoms with E-state index in [-0.39, 0.29) is 17.0 Å². The highest BCUT2D eigenvalue weighted by atomic mass is 19.1. The number of hydrogen-bond donors (Lipinski definition) is 0. The fraction of sp³-hybridized carbons (Fsp3) is 0.111. The number of fused-ring (bicyclic) bond motifs is 4. The third-order valence-corrected chi connectivity index (χ3v) is 6.40. The van der Waals surface area contributed by atoms with Crippen LogP contribution in [0.3, 0.4) is 0 Å². The summed E-state index contributed by atoms with van der Waals surface area (Å²) in [6, 6.07) is 12.1. The first-order valence-corrected chi connectivity index (χ1v) is 10.7. The van der Waals surface area contributed by atoms with E-state index in [1.54, 1.807) is 22.9 Å². The molecule has 0 amide bonds. The number of benzene rings is 1. The molecule has 2 aliphatic rings. The maximum absolute atomic E-state index is 13.4. The Kier molecular flexibility index (Phi) is 4.23. The molecule has 0 fully saturated rings. The van der Waals surface area contributed by atoms with Crippen molar-refractivity contribution in [1.82, 2.24) is 14.5 Å². The third kappa shape index (κ3) is 3.14. The van der Waals surface area contributed by atoms with Crippen molar-refractivity contribution in [2.75, 3.05) is 0 Å². The Morgan fingerprint density at radius 1 is 1.03 bits per heavy atom. The molecular weight excluding hydrogens is 415 g/mol. The minimum Gasteiger partial charge on any atom is -0.281 e. The van der Waals surface area contributed by atoms with E-state index in [0.717, 1.165) is 27.4 Å². The molecule has 1 aliphatic heterocycles. The van der Waals surface area contributed by atoms with Crippen LogP contribution in [0.2, 0.25) is 0 Å². The number of rotatable bonds is 2. The van der Waals surface area contributed by atoms with Gasteiger partial charge in [-0.05, 0) is 48.4 Å². The zero-order valence-electron chi connectivity index (χ0n) is 17.8. The molecular formula is C27H19FN4O. The number of pyridine rings is 3. The van der Waals surface area contributed by atoms with Crippen LogP contribution >= 0.6 is 0 Å². The molecule has 0 N–H and O–H groups in total. The van der Waals surface area contributed by atoms with E-state index in [4.69, 9.17) is 4.99 Å². The molecule has 3 aromatic heterocycles. The van der Waals surface area contributed by atoms with Gasteiger partial charge in [0.1, 0.15) is 0 Å². The molecule has 6 rings (SSSR count). The standard InChI is InChI=1S/C27H19FN4O/c1-27-11-3-2-4-20(27)12-19(15-31-27)17-5-8-23-22(13-17)26-18(14-29-23)6-10-25(33)32(26)21-7-9-24(28)30-16-21/h2-16,20H,1H3.